The molecule has 14 heavy (non-hydrogen) atoms. The maximum absolute atomic E-state index is 4.47. The molecule has 1 fully saturated rings. The van der Waals surface area contributed by atoms with Gasteiger partial charge in [-0.15, -0.1) is 0 Å². The van der Waals surface area contributed by atoms with Gasteiger partial charge in [0.05, 0.1) is 0 Å². The molecular weight excluding hydrogens is 172 g/mol. The van der Waals surface area contributed by atoms with E-state index in [2.05, 4.69) is 23.8 Å². The zero-order valence-corrected chi connectivity index (χ0v) is 9.30. The Balaban J connectivity index is 2.40. The van der Waals surface area contributed by atoms with Crippen molar-refractivity contribution in [1.82, 2.24) is 9.97 Å². The first-order chi connectivity index (χ1) is 6.68. The average Bonchev–Trinajstić information content (AvgIpc) is 2.54. The van der Waals surface area contributed by atoms with E-state index in [1.54, 1.807) is 0 Å². The molecule has 2 nitrogen and oxygen atoms in total. The lowest BCUT2D eigenvalue weighted by Crippen LogP contribution is -2.05. The van der Waals surface area contributed by atoms with Crippen molar-refractivity contribution in [2.75, 3.05) is 0 Å². The van der Waals surface area contributed by atoms with Crippen LogP contribution in [-0.4, -0.2) is 9.97 Å². The first kappa shape index (κ1) is 9.63. The fourth-order valence-corrected chi connectivity index (χ4v) is 2.70. The molecule has 76 valence electrons. The third kappa shape index (κ3) is 1.66. The van der Waals surface area contributed by atoms with Gasteiger partial charge in [0.2, 0.25) is 0 Å². The number of hydrogen-bond donors (Lipinski definition) is 0. The van der Waals surface area contributed by atoms with E-state index < -0.39 is 0 Å². The third-order valence-corrected chi connectivity index (χ3v) is 3.20. The number of aromatic nitrogens is 2. The maximum Gasteiger partial charge on any atom is 0.125 e. The van der Waals surface area contributed by atoms with Gasteiger partial charge in [-0.25, -0.2) is 9.97 Å². The van der Waals surface area contributed by atoms with Gasteiger partial charge in [0, 0.05) is 11.4 Å². The van der Waals surface area contributed by atoms with Crippen LogP contribution in [0.3, 0.4) is 0 Å². The van der Waals surface area contributed by atoms with Crippen LogP contribution < -0.4 is 0 Å². The monoisotopic (exact) mass is 190 g/mol. The summed E-state index contributed by atoms with van der Waals surface area (Å²) in [6.07, 6.45) is 5.40. The van der Waals surface area contributed by atoms with Gasteiger partial charge < -0.3 is 0 Å². The minimum atomic E-state index is 0.732. The SMILES string of the molecule is Cc1nc(C)c(C2CCCC2)c(C)n1. The molecule has 2 heteroatoms. The van der Waals surface area contributed by atoms with Crippen LogP contribution >= 0.6 is 0 Å². The zero-order valence-electron chi connectivity index (χ0n) is 9.30. The van der Waals surface area contributed by atoms with Gasteiger partial charge in [-0.1, -0.05) is 12.8 Å². The second kappa shape index (κ2) is 3.68. The highest BCUT2D eigenvalue weighted by molar-refractivity contribution is 5.28. The van der Waals surface area contributed by atoms with E-state index in [0.717, 1.165) is 11.7 Å². The van der Waals surface area contributed by atoms with Gasteiger partial charge in [-0.3, -0.25) is 0 Å². The Morgan fingerprint density at radius 2 is 1.43 bits per heavy atom. The number of nitrogens with zero attached hydrogens (tertiary/aromatic N) is 2. The zero-order chi connectivity index (χ0) is 10.1. The summed E-state index contributed by atoms with van der Waals surface area (Å²) in [6.45, 7) is 6.21. The van der Waals surface area contributed by atoms with Crippen molar-refractivity contribution in [3.63, 3.8) is 0 Å². The van der Waals surface area contributed by atoms with E-state index in [1.165, 1.54) is 42.6 Å². The fourth-order valence-electron chi connectivity index (χ4n) is 2.70. The fraction of sp³-hybridized carbons (Fsp3) is 0.667. The van der Waals surface area contributed by atoms with Crippen molar-refractivity contribution in [2.45, 2.75) is 52.4 Å². The molecule has 1 aliphatic carbocycles. The highest BCUT2D eigenvalue weighted by Crippen LogP contribution is 2.36. The van der Waals surface area contributed by atoms with Gasteiger partial charge in [0.25, 0.3) is 0 Å². The highest BCUT2D eigenvalue weighted by atomic mass is 14.9. The Morgan fingerprint density at radius 1 is 0.929 bits per heavy atom. The van der Waals surface area contributed by atoms with E-state index in [9.17, 15) is 0 Å². The molecule has 1 heterocycles. The number of aryl methyl sites for hydroxylation is 3. The van der Waals surface area contributed by atoms with Crippen molar-refractivity contribution in [1.29, 1.82) is 0 Å². The summed E-state index contributed by atoms with van der Waals surface area (Å²) in [6, 6.07) is 0. The first-order valence-corrected chi connectivity index (χ1v) is 5.50. The van der Waals surface area contributed by atoms with E-state index in [1.807, 2.05) is 6.92 Å². The van der Waals surface area contributed by atoms with Crippen LogP contribution in [0.1, 0.15) is 54.4 Å². The van der Waals surface area contributed by atoms with E-state index in [4.69, 9.17) is 0 Å². The lowest BCUT2D eigenvalue weighted by Gasteiger charge is -2.15. The van der Waals surface area contributed by atoms with Gasteiger partial charge in [0.15, 0.2) is 0 Å². The van der Waals surface area contributed by atoms with E-state index in [0.29, 0.717) is 0 Å². The lowest BCUT2D eigenvalue weighted by atomic mass is 9.95. The molecule has 0 atom stereocenters. The topological polar surface area (TPSA) is 25.8 Å². The first-order valence-electron chi connectivity index (χ1n) is 5.50. The molecule has 1 aliphatic rings. The average molecular weight is 190 g/mol. The molecule has 0 aliphatic heterocycles. The molecule has 1 aromatic rings. The molecule has 1 saturated carbocycles. The van der Waals surface area contributed by atoms with Crippen molar-refractivity contribution in [3.8, 4) is 0 Å². The highest BCUT2D eigenvalue weighted by Gasteiger charge is 2.21. The van der Waals surface area contributed by atoms with Crippen LogP contribution in [0.25, 0.3) is 0 Å². The van der Waals surface area contributed by atoms with Crippen LogP contribution in [0.5, 0.6) is 0 Å². The summed E-state index contributed by atoms with van der Waals surface area (Å²) in [7, 11) is 0. The van der Waals surface area contributed by atoms with Crippen LogP contribution in [0.2, 0.25) is 0 Å². The summed E-state index contributed by atoms with van der Waals surface area (Å²) in [5.41, 5.74) is 3.82. The minimum Gasteiger partial charge on any atom is -0.238 e. The van der Waals surface area contributed by atoms with Crippen molar-refractivity contribution < 1.29 is 0 Å². The van der Waals surface area contributed by atoms with Crippen LogP contribution in [-0.2, 0) is 0 Å². The summed E-state index contributed by atoms with van der Waals surface area (Å²) >= 11 is 0. The Morgan fingerprint density at radius 3 is 1.93 bits per heavy atom. The molecule has 0 radical (unpaired) electrons. The largest absolute Gasteiger partial charge is 0.238 e. The Labute approximate surface area is 85.8 Å². The molecule has 0 aromatic carbocycles. The van der Waals surface area contributed by atoms with E-state index >= 15 is 0 Å². The van der Waals surface area contributed by atoms with Gasteiger partial charge in [-0.2, -0.15) is 0 Å². The minimum absolute atomic E-state index is 0.732. The maximum atomic E-state index is 4.47. The van der Waals surface area contributed by atoms with E-state index in [-0.39, 0.29) is 0 Å². The molecule has 1 aromatic heterocycles. The second-order valence-electron chi connectivity index (χ2n) is 4.34. The van der Waals surface area contributed by atoms with Crippen LogP contribution in [0, 0.1) is 20.8 Å². The van der Waals surface area contributed by atoms with Crippen molar-refractivity contribution in [2.24, 2.45) is 0 Å². The molecule has 0 N–H and O–H groups in total. The summed E-state index contributed by atoms with van der Waals surface area (Å²) in [5, 5.41) is 0. The van der Waals surface area contributed by atoms with Gasteiger partial charge in [-0.05, 0) is 45.1 Å². The molecule has 0 bridgehead atoms. The van der Waals surface area contributed by atoms with Crippen molar-refractivity contribution in [3.05, 3.63) is 22.8 Å². The quantitative estimate of drug-likeness (QED) is 0.680. The molecule has 2 rings (SSSR count). The van der Waals surface area contributed by atoms with Crippen LogP contribution in [0.4, 0.5) is 0 Å². The Hall–Kier alpha value is -0.920. The number of hydrogen-bond acceptors (Lipinski definition) is 2. The summed E-state index contributed by atoms with van der Waals surface area (Å²) in [4.78, 5) is 8.94. The Bertz CT molecular complexity index is 315. The lowest BCUT2D eigenvalue weighted by molar-refractivity contribution is 0.694. The molecule has 0 amide bonds. The standard InChI is InChI=1S/C12H18N2/c1-8-12(11-6-4-5-7-11)9(2)14-10(3)13-8/h11H,4-7H2,1-3H3. The smallest absolute Gasteiger partial charge is 0.125 e. The number of rotatable bonds is 1. The third-order valence-electron chi connectivity index (χ3n) is 3.20. The molecule has 0 spiro atoms. The molecular formula is C12H18N2. The van der Waals surface area contributed by atoms with Crippen LogP contribution in [0.15, 0.2) is 0 Å². The Kier molecular flexibility index (Phi) is 2.53. The summed E-state index contributed by atoms with van der Waals surface area (Å²) < 4.78 is 0. The molecule has 0 unspecified atom stereocenters. The molecule has 0 saturated heterocycles. The predicted octanol–water partition coefficient (Wildman–Crippen LogP) is 3.06. The predicted molar refractivity (Wildman–Crippen MR) is 57.5 cm³/mol. The second-order valence-corrected chi connectivity index (χ2v) is 4.34. The van der Waals surface area contributed by atoms with Gasteiger partial charge >= 0.3 is 0 Å². The van der Waals surface area contributed by atoms with Gasteiger partial charge in [0.1, 0.15) is 5.82 Å². The normalized spacial score (nSPS) is 17.6. The summed E-state index contributed by atoms with van der Waals surface area (Å²) in [5.74, 6) is 1.64. The van der Waals surface area contributed by atoms with Crippen molar-refractivity contribution >= 4 is 0 Å².